The third-order valence-corrected chi connectivity index (χ3v) is 1.13. The Hall–Kier alpha value is -1.09. The molecule has 3 nitrogen and oxygen atoms in total. The number of nitrogens with zero attached hydrogens (tertiary/aromatic N) is 1. The van der Waals surface area contributed by atoms with Crippen molar-refractivity contribution in [2.24, 2.45) is 0 Å². The maximum atomic E-state index is 5.11. The smallest absolute Gasteiger partial charge is 0.215 e. The van der Waals surface area contributed by atoms with Crippen LogP contribution in [0.5, 0.6) is 5.88 Å². The molecule has 0 spiro atoms. The van der Waals surface area contributed by atoms with E-state index in [9.17, 15) is 0 Å². The molecule has 0 aromatic carbocycles. The van der Waals surface area contributed by atoms with Crippen LogP contribution in [0.1, 0.15) is 6.92 Å². The first kappa shape index (κ1) is 8.01. The number of ether oxygens (including phenoxy) is 2. The molecule has 1 rings (SSSR count). The fraction of sp³-hybridized carbons (Fsp3) is 0.375. The number of hydrogen-bond donors (Lipinski definition) is 0. The van der Waals surface area contributed by atoms with E-state index in [0.717, 1.165) is 0 Å². The Morgan fingerprint density at radius 2 is 2.36 bits per heavy atom. The van der Waals surface area contributed by atoms with Crippen molar-refractivity contribution in [3.05, 3.63) is 24.4 Å². The molecule has 3 heteroatoms. The van der Waals surface area contributed by atoms with Gasteiger partial charge in [0.25, 0.3) is 0 Å². The van der Waals surface area contributed by atoms with Crippen LogP contribution in [0.2, 0.25) is 0 Å². The number of pyridine rings is 1. The minimum Gasteiger partial charge on any atom is -0.451 e. The summed E-state index contributed by atoms with van der Waals surface area (Å²) in [5.41, 5.74) is 0. The van der Waals surface area contributed by atoms with Crippen LogP contribution in [-0.4, -0.2) is 18.4 Å². The molecule has 0 saturated carbocycles. The van der Waals surface area contributed by atoms with Gasteiger partial charge in [-0.05, 0) is 13.0 Å². The van der Waals surface area contributed by atoms with E-state index in [1.54, 1.807) is 12.3 Å². The van der Waals surface area contributed by atoms with Gasteiger partial charge in [0.15, 0.2) is 6.79 Å². The second kappa shape index (κ2) is 4.68. The van der Waals surface area contributed by atoms with Crippen LogP contribution >= 0.6 is 0 Å². The second-order valence-corrected chi connectivity index (χ2v) is 1.92. The lowest BCUT2D eigenvalue weighted by Gasteiger charge is -2.02. The van der Waals surface area contributed by atoms with Crippen molar-refractivity contribution in [3.8, 4) is 5.88 Å². The van der Waals surface area contributed by atoms with Crippen molar-refractivity contribution in [1.82, 2.24) is 4.98 Å². The molecule has 0 saturated heterocycles. The fourth-order valence-corrected chi connectivity index (χ4v) is 0.618. The summed E-state index contributed by atoms with van der Waals surface area (Å²) in [6, 6.07) is 5.50. The highest BCUT2D eigenvalue weighted by molar-refractivity contribution is 5.08. The van der Waals surface area contributed by atoms with Gasteiger partial charge in [-0.15, -0.1) is 0 Å². The number of hydrogen-bond acceptors (Lipinski definition) is 3. The molecule has 11 heavy (non-hydrogen) atoms. The van der Waals surface area contributed by atoms with E-state index in [0.29, 0.717) is 12.5 Å². The molecule has 0 aliphatic rings. The van der Waals surface area contributed by atoms with Crippen LogP contribution in [0.3, 0.4) is 0 Å². The zero-order chi connectivity index (χ0) is 7.94. The third kappa shape index (κ3) is 3.00. The Labute approximate surface area is 66.0 Å². The van der Waals surface area contributed by atoms with Gasteiger partial charge in [0.05, 0.1) is 0 Å². The predicted molar refractivity (Wildman–Crippen MR) is 41.4 cm³/mol. The second-order valence-electron chi connectivity index (χ2n) is 1.92. The Kier molecular flexibility index (Phi) is 3.41. The SMILES string of the molecule is CCOCOc1ccccn1. The first-order chi connectivity index (χ1) is 5.43. The molecule has 0 aliphatic carbocycles. The van der Waals surface area contributed by atoms with E-state index in [2.05, 4.69) is 4.98 Å². The van der Waals surface area contributed by atoms with Gasteiger partial charge in [-0.1, -0.05) is 6.07 Å². The summed E-state index contributed by atoms with van der Waals surface area (Å²) >= 11 is 0. The van der Waals surface area contributed by atoms with Crippen molar-refractivity contribution in [2.45, 2.75) is 6.92 Å². The lowest BCUT2D eigenvalue weighted by Crippen LogP contribution is -2.02. The van der Waals surface area contributed by atoms with Crippen molar-refractivity contribution in [3.63, 3.8) is 0 Å². The topological polar surface area (TPSA) is 31.4 Å². The molecular weight excluding hydrogens is 142 g/mol. The van der Waals surface area contributed by atoms with E-state index in [1.165, 1.54) is 0 Å². The molecule has 0 fully saturated rings. The summed E-state index contributed by atoms with van der Waals surface area (Å²) in [7, 11) is 0. The van der Waals surface area contributed by atoms with Crippen LogP contribution in [-0.2, 0) is 4.74 Å². The molecule has 0 aliphatic heterocycles. The van der Waals surface area contributed by atoms with Crippen molar-refractivity contribution < 1.29 is 9.47 Å². The summed E-state index contributed by atoms with van der Waals surface area (Å²) < 4.78 is 10.1. The molecule has 0 amide bonds. The highest BCUT2D eigenvalue weighted by Gasteiger charge is 1.89. The molecule has 0 radical (unpaired) electrons. The van der Waals surface area contributed by atoms with Gasteiger partial charge in [0, 0.05) is 18.9 Å². The van der Waals surface area contributed by atoms with E-state index < -0.39 is 0 Å². The standard InChI is InChI=1S/C8H11NO2/c1-2-10-7-11-8-5-3-4-6-9-8/h3-6H,2,7H2,1H3. The molecular formula is C8H11NO2. The van der Waals surface area contributed by atoms with E-state index in [-0.39, 0.29) is 6.79 Å². The van der Waals surface area contributed by atoms with Crippen LogP contribution in [0.25, 0.3) is 0 Å². The fourth-order valence-electron chi connectivity index (χ4n) is 0.618. The molecule has 0 N–H and O–H groups in total. The molecule has 1 aromatic heterocycles. The summed E-state index contributed by atoms with van der Waals surface area (Å²) in [5, 5.41) is 0. The zero-order valence-electron chi connectivity index (χ0n) is 6.49. The van der Waals surface area contributed by atoms with Crippen LogP contribution in [0.4, 0.5) is 0 Å². The van der Waals surface area contributed by atoms with Crippen LogP contribution < -0.4 is 4.74 Å². The van der Waals surface area contributed by atoms with E-state index >= 15 is 0 Å². The summed E-state index contributed by atoms with van der Waals surface area (Å²) in [6.45, 7) is 2.85. The average molecular weight is 153 g/mol. The summed E-state index contributed by atoms with van der Waals surface area (Å²) in [5.74, 6) is 0.598. The van der Waals surface area contributed by atoms with Crippen molar-refractivity contribution in [2.75, 3.05) is 13.4 Å². The first-order valence-corrected chi connectivity index (χ1v) is 3.55. The highest BCUT2D eigenvalue weighted by atomic mass is 16.7. The summed E-state index contributed by atoms with van der Waals surface area (Å²) in [4.78, 5) is 3.95. The van der Waals surface area contributed by atoms with Gasteiger partial charge in [-0.3, -0.25) is 0 Å². The Morgan fingerprint density at radius 3 is 3.00 bits per heavy atom. The van der Waals surface area contributed by atoms with Gasteiger partial charge < -0.3 is 9.47 Å². The highest BCUT2D eigenvalue weighted by Crippen LogP contribution is 2.02. The molecule has 1 heterocycles. The van der Waals surface area contributed by atoms with Gasteiger partial charge in [0.2, 0.25) is 5.88 Å². The largest absolute Gasteiger partial charge is 0.451 e. The Bertz CT molecular complexity index is 189. The average Bonchev–Trinajstić information content (AvgIpc) is 2.07. The normalized spacial score (nSPS) is 9.55. The predicted octanol–water partition coefficient (Wildman–Crippen LogP) is 1.45. The lowest BCUT2D eigenvalue weighted by molar-refractivity contribution is 0.0197. The lowest BCUT2D eigenvalue weighted by atomic mass is 10.5. The monoisotopic (exact) mass is 153 g/mol. The van der Waals surface area contributed by atoms with Gasteiger partial charge in [-0.2, -0.15) is 0 Å². The zero-order valence-corrected chi connectivity index (χ0v) is 6.49. The maximum Gasteiger partial charge on any atom is 0.215 e. The van der Waals surface area contributed by atoms with Gasteiger partial charge >= 0.3 is 0 Å². The molecule has 0 atom stereocenters. The molecule has 0 unspecified atom stereocenters. The van der Waals surface area contributed by atoms with Gasteiger partial charge in [-0.25, -0.2) is 4.98 Å². The Morgan fingerprint density at radius 1 is 1.45 bits per heavy atom. The number of rotatable bonds is 4. The maximum absolute atomic E-state index is 5.11. The molecule has 0 bridgehead atoms. The number of aromatic nitrogens is 1. The van der Waals surface area contributed by atoms with Crippen LogP contribution in [0, 0.1) is 0 Å². The van der Waals surface area contributed by atoms with E-state index in [4.69, 9.17) is 9.47 Å². The van der Waals surface area contributed by atoms with Crippen molar-refractivity contribution in [1.29, 1.82) is 0 Å². The molecule has 60 valence electrons. The Balaban J connectivity index is 2.28. The quantitative estimate of drug-likeness (QED) is 0.484. The molecule has 1 aromatic rings. The summed E-state index contributed by atoms with van der Waals surface area (Å²) in [6.07, 6.45) is 1.68. The van der Waals surface area contributed by atoms with Gasteiger partial charge in [0.1, 0.15) is 0 Å². The van der Waals surface area contributed by atoms with Crippen molar-refractivity contribution >= 4 is 0 Å². The van der Waals surface area contributed by atoms with E-state index in [1.807, 2.05) is 19.1 Å². The minimum atomic E-state index is 0.271. The minimum absolute atomic E-state index is 0.271. The van der Waals surface area contributed by atoms with Crippen LogP contribution in [0.15, 0.2) is 24.4 Å². The first-order valence-electron chi connectivity index (χ1n) is 3.55. The third-order valence-electron chi connectivity index (χ3n) is 1.13.